The fourth-order valence-electron chi connectivity index (χ4n) is 2.32. The van der Waals surface area contributed by atoms with Crippen LogP contribution in [0.4, 0.5) is 5.69 Å². The Hall–Kier alpha value is -2.89. The lowest BCUT2D eigenvalue weighted by Gasteiger charge is -2.13. The van der Waals surface area contributed by atoms with E-state index >= 15 is 0 Å². The third kappa shape index (κ3) is 4.64. The fraction of sp³-hybridized carbons (Fsp3) is 0.0500. The van der Waals surface area contributed by atoms with Crippen molar-refractivity contribution in [3.63, 3.8) is 0 Å². The van der Waals surface area contributed by atoms with Crippen LogP contribution in [0, 0.1) is 0 Å². The minimum Gasteiger partial charge on any atom is -0.487 e. The first-order chi connectivity index (χ1) is 13.1. The number of hydrogen-bond acceptors (Lipinski definition) is 4. The average molecular weight is 401 g/mol. The number of ether oxygens (including phenoxy) is 1. The predicted octanol–water partition coefficient (Wildman–Crippen LogP) is 4.79. The predicted molar refractivity (Wildman–Crippen MR) is 104 cm³/mol. The highest BCUT2D eigenvalue weighted by atomic mass is 35.5. The van der Waals surface area contributed by atoms with Crippen molar-refractivity contribution < 1.29 is 14.3 Å². The van der Waals surface area contributed by atoms with Crippen LogP contribution >= 0.6 is 23.2 Å². The quantitative estimate of drug-likeness (QED) is 0.477. The van der Waals surface area contributed by atoms with Gasteiger partial charge >= 0.3 is 0 Å². The number of benzene rings is 2. The monoisotopic (exact) mass is 400 g/mol. The number of ketones is 1. The van der Waals surface area contributed by atoms with Gasteiger partial charge in [0, 0.05) is 33.6 Å². The van der Waals surface area contributed by atoms with Crippen molar-refractivity contribution in [3.8, 4) is 5.75 Å². The number of amides is 1. The number of carbonyl (C=O) groups excluding carboxylic acids is 2. The molecule has 0 aliphatic carbocycles. The highest BCUT2D eigenvalue weighted by molar-refractivity contribution is 6.46. The van der Waals surface area contributed by atoms with Crippen molar-refractivity contribution in [2.24, 2.45) is 0 Å². The molecule has 0 unspecified atom stereocenters. The van der Waals surface area contributed by atoms with E-state index in [0.29, 0.717) is 27.0 Å². The second-order valence-corrected chi connectivity index (χ2v) is 6.32. The molecule has 0 atom stereocenters. The van der Waals surface area contributed by atoms with Crippen LogP contribution in [0.25, 0.3) is 0 Å². The number of Topliss-reactive ketones (excluding diaryl/α,β-unsaturated/α-hetero) is 1. The number of carbonyl (C=O) groups is 2. The Morgan fingerprint density at radius 1 is 0.963 bits per heavy atom. The van der Waals surface area contributed by atoms with Gasteiger partial charge in [0.2, 0.25) is 0 Å². The molecule has 0 fully saturated rings. The molecule has 7 heteroatoms. The van der Waals surface area contributed by atoms with Crippen molar-refractivity contribution >= 4 is 40.6 Å². The molecule has 0 aliphatic heterocycles. The maximum absolute atomic E-state index is 12.3. The molecule has 0 spiro atoms. The van der Waals surface area contributed by atoms with Crippen molar-refractivity contribution in [1.82, 2.24) is 4.98 Å². The standard InChI is InChI=1S/C20H14Cl2N2O3/c21-15-6-3-7-16(22)14(15)12-27-18-9-2-1-8-17(18)24-20(26)19(25)13-5-4-10-23-11-13/h1-11H,12H2,(H,24,26). The van der Waals surface area contributed by atoms with Gasteiger partial charge in [0.15, 0.2) is 0 Å². The average Bonchev–Trinajstić information content (AvgIpc) is 2.69. The van der Waals surface area contributed by atoms with Crippen molar-refractivity contribution in [1.29, 1.82) is 0 Å². The Morgan fingerprint density at radius 2 is 1.70 bits per heavy atom. The van der Waals surface area contributed by atoms with Gasteiger partial charge in [-0.2, -0.15) is 0 Å². The molecule has 1 aromatic heterocycles. The van der Waals surface area contributed by atoms with Crippen LogP contribution in [0.15, 0.2) is 67.0 Å². The van der Waals surface area contributed by atoms with Crippen LogP contribution < -0.4 is 10.1 Å². The summed E-state index contributed by atoms with van der Waals surface area (Å²) in [6.07, 6.45) is 2.86. The van der Waals surface area contributed by atoms with Gasteiger partial charge in [-0.15, -0.1) is 0 Å². The first-order valence-electron chi connectivity index (χ1n) is 7.96. The molecule has 136 valence electrons. The minimum atomic E-state index is -0.783. The first kappa shape index (κ1) is 18.9. The molecular formula is C20H14Cl2N2O3. The molecule has 5 nitrogen and oxygen atoms in total. The topological polar surface area (TPSA) is 68.3 Å². The van der Waals surface area contributed by atoms with E-state index in [1.165, 1.54) is 18.5 Å². The van der Waals surface area contributed by atoms with Crippen molar-refractivity contribution in [3.05, 3.63) is 88.2 Å². The Morgan fingerprint density at radius 3 is 2.41 bits per heavy atom. The summed E-state index contributed by atoms with van der Waals surface area (Å²) in [7, 11) is 0. The van der Waals surface area contributed by atoms with E-state index in [1.54, 1.807) is 48.5 Å². The van der Waals surface area contributed by atoms with Crippen LogP contribution in [0.5, 0.6) is 5.75 Å². The maximum Gasteiger partial charge on any atom is 0.296 e. The summed E-state index contributed by atoms with van der Waals surface area (Å²) in [5.74, 6) is -1.08. The zero-order valence-corrected chi connectivity index (χ0v) is 15.5. The van der Waals surface area contributed by atoms with E-state index in [2.05, 4.69) is 10.3 Å². The Kier molecular flexibility index (Phi) is 6.06. The highest BCUT2D eigenvalue weighted by Gasteiger charge is 2.18. The molecule has 0 saturated heterocycles. The van der Waals surface area contributed by atoms with Gasteiger partial charge < -0.3 is 10.1 Å². The lowest BCUT2D eigenvalue weighted by atomic mass is 10.2. The molecule has 3 rings (SSSR count). The summed E-state index contributed by atoms with van der Waals surface area (Å²) in [5, 5.41) is 3.53. The number of hydrogen-bond donors (Lipinski definition) is 1. The van der Waals surface area contributed by atoms with Crippen LogP contribution in [-0.2, 0) is 11.4 Å². The molecule has 3 aromatic rings. The molecule has 1 heterocycles. The molecule has 1 amide bonds. The highest BCUT2D eigenvalue weighted by Crippen LogP contribution is 2.29. The Labute approximate surface area is 165 Å². The lowest BCUT2D eigenvalue weighted by Crippen LogP contribution is -2.23. The zero-order valence-electron chi connectivity index (χ0n) is 14.0. The molecule has 0 aliphatic rings. The van der Waals surface area contributed by atoms with Crippen LogP contribution in [-0.4, -0.2) is 16.7 Å². The molecule has 1 N–H and O–H groups in total. The summed E-state index contributed by atoms with van der Waals surface area (Å²) >= 11 is 12.3. The number of aromatic nitrogens is 1. The minimum absolute atomic E-state index is 0.113. The number of pyridine rings is 1. The molecule has 2 aromatic carbocycles. The van der Waals surface area contributed by atoms with Crippen molar-refractivity contribution in [2.45, 2.75) is 6.61 Å². The number of rotatable bonds is 6. The number of para-hydroxylation sites is 2. The van der Waals surface area contributed by atoms with Gasteiger partial charge in [-0.3, -0.25) is 14.6 Å². The zero-order chi connectivity index (χ0) is 19.2. The van der Waals surface area contributed by atoms with Crippen molar-refractivity contribution in [2.75, 3.05) is 5.32 Å². The maximum atomic E-state index is 12.3. The fourth-order valence-corrected chi connectivity index (χ4v) is 2.83. The van der Waals surface area contributed by atoms with Gasteiger partial charge in [-0.1, -0.05) is 41.4 Å². The molecular weight excluding hydrogens is 387 g/mol. The van der Waals surface area contributed by atoms with Gasteiger partial charge in [-0.05, 0) is 36.4 Å². The summed E-state index contributed by atoms with van der Waals surface area (Å²) in [6, 6.07) is 15.1. The molecule has 0 radical (unpaired) electrons. The molecule has 0 bridgehead atoms. The number of nitrogens with zero attached hydrogens (tertiary/aromatic N) is 1. The van der Waals surface area contributed by atoms with Crippen LogP contribution in [0.3, 0.4) is 0 Å². The number of anilines is 1. The van der Waals surface area contributed by atoms with E-state index < -0.39 is 11.7 Å². The first-order valence-corrected chi connectivity index (χ1v) is 8.72. The van der Waals surface area contributed by atoms with E-state index in [0.717, 1.165) is 0 Å². The van der Waals surface area contributed by atoms with E-state index in [9.17, 15) is 9.59 Å². The third-order valence-corrected chi connectivity index (χ3v) is 4.41. The number of nitrogens with one attached hydrogen (secondary N) is 1. The van der Waals surface area contributed by atoms with E-state index in [-0.39, 0.29) is 12.2 Å². The molecule has 0 saturated carbocycles. The lowest BCUT2D eigenvalue weighted by molar-refractivity contribution is -0.112. The summed E-state index contributed by atoms with van der Waals surface area (Å²) < 4.78 is 5.76. The Balaban J connectivity index is 1.74. The van der Waals surface area contributed by atoms with Crippen LogP contribution in [0.2, 0.25) is 10.0 Å². The largest absolute Gasteiger partial charge is 0.487 e. The van der Waals surface area contributed by atoms with Gasteiger partial charge in [0.25, 0.3) is 11.7 Å². The van der Waals surface area contributed by atoms with E-state index in [1.807, 2.05) is 0 Å². The SMILES string of the molecule is O=C(Nc1ccccc1OCc1c(Cl)cccc1Cl)C(=O)c1cccnc1. The van der Waals surface area contributed by atoms with Crippen LogP contribution in [0.1, 0.15) is 15.9 Å². The van der Waals surface area contributed by atoms with Gasteiger partial charge in [0.05, 0.1) is 5.69 Å². The second-order valence-electron chi connectivity index (χ2n) is 5.51. The number of halogens is 2. The van der Waals surface area contributed by atoms with E-state index in [4.69, 9.17) is 27.9 Å². The summed E-state index contributed by atoms with van der Waals surface area (Å²) in [4.78, 5) is 28.3. The third-order valence-electron chi connectivity index (χ3n) is 3.70. The summed E-state index contributed by atoms with van der Waals surface area (Å²) in [6.45, 7) is 0.113. The van der Waals surface area contributed by atoms with Gasteiger partial charge in [0.1, 0.15) is 12.4 Å². The smallest absolute Gasteiger partial charge is 0.296 e. The molecule has 27 heavy (non-hydrogen) atoms. The second kappa shape index (κ2) is 8.66. The normalized spacial score (nSPS) is 10.3. The summed E-state index contributed by atoms with van der Waals surface area (Å²) in [5.41, 5.74) is 1.20. The van der Waals surface area contributed by atoms with Gasteiger partial charge in [-0.25, -0.2) is 0 Å². The Bertz CT molecular complexity index is 958.